The van der Waals surface area contributed by atoms with Crippen molar-refractivity contribution in [3.05, 3.63) is 0 Å². The molecule has 1 saturated carbocycles. The predicted molar refractivity (Wildman–Crippen MR) is 76.3 cm³/mol. The minimum Gasteiger partial charge on any atom is -0.313 e. The molecule has 0 aromatic rings. The predicted octanol–water partition coefficient (Wildman–Crippen LogP) is 4.08. The van der Waals surface area contributed by atoms with Gasteiger partial charge in [-0.05, 0) is 49.5 Å². The topological polar surface area (TPSA) is 12.0 Å². The highest BCUT2D eigenvalue weighted by Crippen LogP contribution is 2.34. The quantitative estimate of drug-likeness (QED) is 0.620. The van der Waals surface area contributed by atoms with Crippen LogP contribution in [0, 0.1) is 5.41 Å². The summed E-state index contributed by atoms with van der Waals surface area (Å²) in [7, 11) is 0. The van der Waals surface area contributed by atoms with Crippen molar-refractivity contribution in [2.75, 3.05) is 18.6 Å². The first-order valence-corrected chi connectivity index (χ1v) is 8.38. The fraction of sp³-hybridized carbons (Fsp3) is 1.00. The summed E-state index contributed by atoms with van der Waals surface area (Å²) in [5, 5.41) is 3.76. The lowest BCUT2D eigenvalue weighted by Crippen LogP contribution is -2.35. The van der Waals surface area contributed by atoms with E-state index in [1.807, 2.05) is 11.8 Å². The molecule has 0 bridgehead atoms. The Bertz CT molecular complexity index is 170. The summed E-state index contributed by atoms with van der Waals surface area (Å²) in [6, 6.07) is 0.863. The molecule has 0 spiro atoms. The van der Waals surface area contributed by atoms with Crippen LogP contribution in [0.15, 0.2) is 0 Å². The summed E-state index contributed by atoms with van der Waals surface area (Å²) in [5.74, 6) is 1.32. The van der Waals surface area contributed by atoms with Crippen molar-refractivity contribution in [1.29, 1.82) is 0 Å². The Kier molecular flexibility index (Phi) is 6.83. The molecule has 1 atom stereocenters. The molecule has 0 aliphatic heterocycles. The van der Waals surface area contributed by atoms with Gasteiger partial charge in [0.15, 0.2) is 0 Å². The largest absolute Gasteiger partial charge is 0.313 e. The van der Waals surface area contributed by atoms with Gasteiger partial charge in [0.2, 0.25) is 0 Å². The lowest BCUT2D eigenvalue weighted by Gasteiger charge is -2.33. The van der Waals surface area contributed by atoms with Crippen LogP contribution in [0.3, 0.4) is 0 Å². The summed E-state index contributed by atoms with van der Waals surface area (Å²) in [6.45, 7) is 5.95. The molecule has 0 aromatic carbocycles. The Morgan fingerprint density at radius 3 is 2.50 bits per heavy atom. The molecule has 2 heteroatoms. The van der Waals surface area contributed by atoms with E-state index in [0.29, 0.717) is 5.41 Å². The first kappa shape index (κ1) is 14.4. The lowest BCUT2D eigenvalue weighted by molar-refractivity contribution is 0.223. The highest BCUT2D eigenvalue weighted by Gasteiger charge is 2.30. The molecule has 1 aliphatic rings. The van der Waals surface area contributed by atoms with Crippen molar-refractivity contribution in [3.63, 3.8) is 0 Å². The number of thioether (sulfide) groups is 1. The highest BCUT2D eigenvalue weighted by atomic mass is 32.2. The van der Waals surface area contributed by atoms with Gasteiger partial charge in [0.05, 0.1) is 0 Å². The Morgan fingerprint density at radius 1 is 1.25 bits per heavy atom. The fourth-order valence-electron chi connectivity index (χ4n) is 2.30. The van der Waals surface area contributed by atoms with Crippen molar-refractivity contribution < 1.29 is 0 Å². The summed E-state index contributed by atoms with van der Waals surface area (Å²) >= 11 is 2.00. The third kappa shape index (κ3) is 5.09. The second-order valence-corrected chi connectivity index (χ2v) is 6.34. The van der Waals surface area contributed by atoms with E-state index in [9.17, 15) is 0 Å². The molecule has 1 aliphatic carbocycles. The SMILES string of the molecule is CCCCC(CC)(CCSC)CNC1CC1. The van der Waals surface area contributed by atoms with E-state index >= 15 is 0 Å². The van der Waals surface area contributed by atoms with Crippen LogP contribution in [0.4, 0.5) is 0 Å². The first-order valence-electron chi connectivity index (χ1n) is 6.98. The molecule has 1 N–H and O–H groups in total. The Hall–Kier alpha value is 0.310. The maximum absolute atomic E-state index is 3.76. The zero-order valence-corrected chi connectivity index (χ0v) is 12.2. The molecule has 0 aromatic heterocycles. The maximum atomic E-state index is 3.76. The van der Waals surface area contributed by atoms with Crippen molar-refractivity contribution in [2.24, 2.45) is 5.41 Å². The van der Waals surface area contributed by atoms with Crippen LogP contribution < -0.4 is 5.32 Å². The van der Waals surface area contributed by atoms with Gasteiger partial charge < -0.3 is 5.32 Å². The van der Waals surface area contributed by atoms with Crippen LogP contribution in [0.1, 0.15) is 58.8 Å². The molecule has 0 radical (unpaired) electrons. The van der Waals surface area contributed by atoms with Gasteiger partial charge in [-0.1, -0.05) is 26.7 Å². The summed E-state index contributed by atoms with van der Waals surface area (Å²) in [6.07, 6.45) is 11.9. The van der Waals surface area contributed by atoms with Gasteiger partial charge in [0.1, 0.15) is 0 Å². The van der Waals surface area contributed by atoms with Gasteiger partial charge in [-0.15, -0.1) is 0 Å². The molecule has 0 saturated heterocycles. The lowest BCUT2D eigenvalue weighted by atomic mass is 9.77. The van der Waals surface area contributed by atoms with E-state index < -0.39 is 0 Å². The van der Waals surface area contributed by atoms with Gasteiger partial charge in [0.25, 0.3) is 0 Å². The summed E-state index contributed by atoms with van der Waals surface area (Å²) in [5.41, 5.74) is 0.585. The average Bonchev–Trinajstić information content (AvgIpc) is 3.13. The molecule has 0 amide bonds. The molecule has 0 heterocycles. The molecule has 1 unspecified atom stereocenters. The third-order valence-electron chi connectivity index (χ3n) is 3.99. The summed E-state index contributed by atoms with van der Waals surface area (Å²) < 4.78 is 0. The van der Waals surface area contributed by atoms with Crippen LogP contribution in [0.5, 0.6) is 0 Å². The number of unbranched alkanes of at least 4 members (excludes halogenated alkanes) is 1. The van der Waals surface area contributed by atoms with E-state index in [-0.39, 0.29) is 0 Å². The fourth-order valence-corrected chi connectivity index (χ4v) is 2.94. The second kappa shape index (κ2) is 7.60. The Labute approximate surface area is 106 Å². The Balaban J connectivity index is 2.39. The van der Waals surface area contributed by atoms with E-state index in [1.165, 1.54) is 57.2 Å². The molecule has 1 fully saturated rings. The standard InChI is InChI=1S/C14H29NS/c1-4-6-9-14(5-2,10-11-16-3)12-15-13-7-8-13/h13,15H,4-12H2,1-3H3. The van der Waals surface area contributed by atoms with Gasteiger partial charge in [-0.2, -0.15) is 11.8 Å². The minimum absolute atomic E-state index is 0.585. The third-order valence-corrected chi connectivity index (χ3v) is 4.60. The zero-order chi connectivity index (χ0) is 11.9. The van der Waals surface area contributed by atoms with Crippen LogP contribution >= 0.6 is 11.8 Å². The van der Waals surface area contributed by atoms with Gasteiger partial charge >= 0.3 is 0 Å². The van der Waals surface area contributed by atoms with Crippen molar-refractivity contribution >= 4 is 11.8 Å². The highest BCUT2D eigenvalue weighted by molar-refractivity contribution is 7.98. The van der Waals surface area contributed by atoms with Gasteiger partial charge in [-0.3, -0.25) is 0 Å². The van der Waals surface area contributed by atoms with Crippen molar-refractivity contribution in [2.45, 2.75) is 64.8 Å². The number of rotatable bonds is 10. The molecule has 96 valence electrons. The number of hydrogen-bond acceptors (Lipinski definition) is 2. The smallest absolute Gasteiger partial charge is 0.00684 e. The Morgan fingerprint density at radius 2 is 2.00 bits per heavy atom. The molecular formula is C14H29NS. The van der Waals surface area contributed by atoms with Gasteiger partial charge in [-0.25, -0.2) is 0 Å². The van der Waals surface area contributed by atoms with Crippen LogP contribution in [0.2, 0.25) is 0 Å². The molecule has 1 rings (SSSR count). The monoisotopic (exact) mass is 243 g/mol. The van der Waals surface area contributed by atoms with E-state index in [0.717, 1.165) is 6.04 Å². The van der Waals surface area contributed by atoms with E-state index in [1.54, 1.807) is 0 Å². The van der Waals surface area contributed by atoms with Crippen molar-refractivity contribution in [3.8, 4) is 0 Å². The van der Waals surface area contributed by atoms with Crippen LogP contribution in [-0.2, 0) is 0 Å². The van der Waals surface area contributed by atoms with Crippen LogP contribution in [0.25, 0.3) is 0 Å². The van der Waals surface area contributed by atoms with Crippen LogP contribution in [-0.4, -0.2) is 24.6 Å². The molecule has 1 nitrogen and oxygen atoms in total. The van der Waals surface area contributed by atoms with Crippen molar-refractivity contribution in [1.82, 2.24) is 5.32 Å². The average molecular weight is 243 g/mol. The molecular weight excluding hydrogens is 214 g/mol. The molecule has 16 heavy (non-hydrogen) atoms. The first-order chi connectivity index (χ1) is 7.76. The number of hydrogen-bond donors (Lipinski definition) is 1. The zero-order valence-electron chi connectivity index (χ0n) is 11.3. The van der Waals surface area contributed by atoms with E-state index in [2.05, 4.69) is 25.4 Å². The normalized spacial score (nSPS) is 19.7. The van der Waals surface area contributed by atoms with E-state index in [4.69, 9.17) is 0 Å². The maximum Gasteiger partial charge on any atom is 0.00684 e. The summed E-state index contributed by atoms with van der Waals surface area (Å²) in [4.78, 5) is 0. The second-order valence-electron chi connectivity index (χ2n) is 5.36. The number of nitrogens with one attached hydrogen (secondary N) is 1. The minimum atomic E-state index is 0.585. The van der Waals surface area contributed by atoms with Gasteiger partial charge in [0, 0.05) is 12.6 Å².